The van der Waals surface area contributed by atoms with Crippen LogP contribution in [-0.4, -0.2) is 15.9 Å². The van der Waals surface area contributed by atoms with E-state index < -0.39 is 0 Å². The van der Waals surface area contributed by atoms with Gasteiger partial charge >= 0.3 is 0 Å². The first kappa shape index (κ1) is 15.8. The van der Waals surface area contributed by atoms with E-state index >= 15 is 0 Å². The largest absolute Gasteiger partial charge is 0.348 e. The lowest BCUT2D eigenvalue weighted by molar-refractivity contribution is 0.0951. The molecule has 0 atom stereocenters. The Morgan fingerprint density at radius 3 is 2.56 bits per heavy atom. The summed E-state index contributed by atoms with van der Waals surface area (Å²) in [5, 5.41) is 3.01. The van der Waals surface area contributed by atoms with E-state index in [0.29, 0.717) is 12.1 Å². The molecule has 0 aliphatic heterocycles. The van der Waals surface area contributed by atoms with E-state index in [1.54, 1.807) is 0 Å². The lowest BCUT2D eigenvalue weighted by Gasteiger charge is -2.08. The normalized spacial score (nSPS) is 13.0. The molecule has 1 amide bonds. The molecule has 3 aromatic rings. The van der Waals surface area contributed by atoms with Gasteiger partial charge in [0.25, 0.3) is 5.91 Å². The summed E-state index contributed by atoms with van der Waals surface area (Å²) in [6.45, 7) is 4.42. The number of aromatic nitrogens is 2. The summed E-state index contributed by atoms with van der Waals surface area (Å²) in [6, 6.07) is 12.0. The van der Waals surface area contributed by atoms with Crippen LogP contribution in [0.1, 0.15) is 44.9 Å². The predicted molar refractivity (Wildman–Crippen MR) is 98.6 cm³/mol. The Labute approximate surface area is 147 Å². The van der Waals surface area contributed by atoms with E-state index in [2.05, 4.69) is 33.5 Å². The van der Waals surface area contributed by atoms with Crippen molar-refractivity contribution in [3.05, 3.63) is 70.0 Å². The van der Waals surface area contributed by atoms with Crippen LogP contribution < -0.4 is 5.32 Å². The van der Waals surface area contributed by atoms with E-state index in [1.165, 1.54) is 24.0 Å². The lowest BCUT2D eigenvalue weighted by Crippen LogP contribution is -2.22. The van der Waals surface area contributed by atoms with Crippen LogP contribution in [0.4, 0.5) is 0 Å². The van der Waals surface area contributed by atoms with Crippen molar-refractivity contribution in [3.8, 4) is 0 Å². The average Bonchev–Trinajstić information content (AvgIpc) is 3.08. The number of hydrogen-bond donors (Lipinski definition) is 1. The molecule has 0 unspecified atom stereocenters. The minimum Gasteiger partial charge on any atom is -0.348 e. The third-order valence-electron chi connectivity index (χ3n) is 4.95. The smallest absolute Gasteiger partial charge is 0.251 e. The van der Waals surface area contributed by atoms with Gasteiger partial charge in [0.2, 0.25) is 0 Å². The maximum absolute atomic E-state index is 12.5. The number of rotatable bonds is 3. The number of fused-ring (bicyclic) bond motifs is 2. The van der Waals surface area contributed by atoms with Gasteiger partial charge in [-0.25, -0.2) is 9.97 Å². The number of benzene rings is 2. The summed E-state index contributed by atoms with van der Waals surface area (Å²) in [4.78, 5) is 21.5. The molecule has 0 saturated carbocycles. The van der Waals surface area contributed by atoms with Gasteiger partial charge in [-0.05, 0) is 68.0 Å². The van der Waals surface area contributed by atoms with Gasteiger partial charge in [0.15, 0.2) is 0 Å². The number of nitrogens with zero attached hydrogens (tertiary/aromatic N) is 2. The fourth-order valence-electron chi connectivity index (χ4n) is 3.39. The fourth-order valence-corrected chi connectivity index (χ4v) is 3.39. The van der Waals surface area contributed by atoms with Gasteiger partial charge in [0.05, 0.1) is 22.4 Å². The van der Waals surface area contributed by atoms with Gasteiger partial charge in [-0.15, -0.1) is 0 Å². The van der Waals surface area contributed by atoms with Crippen LogP contribution in [0.15, 0.2) is 36.4 Å². The molecule has 1 aliphatic carbocycles. The molecule has 4 nitrogen and oxygen atoms in total. The van der Waals surface area contributed by atoms with E-state index in [-0.39, 0.29) is 5.91 Å². The summed E-state index contributed by atoms with van der Waals surface area (Å²) >= 11 is 0. The van der Waals surface area contributed by atoms with Gasteiger partial charge in [-0.1, -0.05) is 18.2 Å². The Hall–Kier alpha value is -2.75. The number of carbonyl (C=O) groups excluding carboxylic acids is 1. The van der Waals surface area contributed by atoms with Crippen LogP contribution in [0.25, 0.3) is 11.0 Å². The van der Waals surface area contributed by atoms with Crippen molar-refractivity contribution in [1.82, 2.24) is 15.3 Å². The SMILES string of the molecule is Cc1nc2ccc(C(=O)NCc3ccc4c(c3)CCC4)cc2nc1C. The second kappa shape index (κ2) is 6.28. The summed E-state index contributed by atoms with van der Waals surface area (Å²) < 4.78 is 0. The van der Waals surface area contributed by atoms with Gasteiger partial charge < -0.3 is 5.32 Å². The maximum atomic E-state index is 12.5. The standard InChI is InChI=1S/C21H21N3O/c1-13-14(2)24-20-11-18(8-9-19(20)23-13)21(25)22-12-15-6-7-16-4-3-5-17(16)10-15/h6-11H,3-5,12H2,1-2H3,(H,22,25). The quantitative estimate of drug-likeness (QED) is 0.797. The third kappa shape index (κ3) is 3.12. The second-order valence-electron chi connectivity index (χ2n) is 6.74. The second-order valence-corrected chi connectivity index (χ2v) is 6.74. The number of amides is 1. The van der Waals surface area contributed by atoms with Gasteiger partial charge in [0.1, 0.15) is 0 Å². The van der Waals surface area contributed by atoms with Crippen molar-refractivity contribution in [1.29, 1.82) is 0 Å². The molecule has 1 aliphatic rings. The lowest BCUT2D eigenvalue weighted by atomic mass is 10.1. The van der Waals surface area contributed by atoms with Crippen molar-refractivity contribution in [2.24, 2.45) is 0 Å². The summed E-state index contributed by atoms with van der Waals surface area (Å²) in [7, 11) is 0. The van der Waals surface area contributed by atoms with Crippen molar-refractivity contribution in [2.75, 3.05) is 0 Å². The zero-order valence-electron chi connectivity index (χ0n) is 14.6. The first-order valence-corrected chi connectivity index (χ1v) is 8.74. The van der Waals surface area contributed by atoms with Crippen LogP contribution in [0.2, 0.25) is 0 Å². The Morgan fingerprint density at radius 1 is 0.960 bits per heavy atom. The van der Waals surface area contributed by atoms with Crippen LogP contribution >= 0.6 is 0 Å². The minimum absolute atomic E-state index is 0.0811. The molecule has 0 fully saturated rings. The van der Waals surface area contributed by atoms with Crippen LogP contribution in [0.3, 0.4) is 0 Å². The molecule has 1 aromatic heterocycles. The van der Waals surface area contributed by atoms with E-state index in [0.717, 1.165) is 34.4 Å². The van der Waals surface area contributed by atoms with Gasteiger partial charge in [-0.3, -0.25) is 4.79 Å². The Morgan fingerprint density at radius 2 is 1.72 bits per heavy atom. The Balaban J connectivity index is 1.51. The maximum Gasteiger partial charge on any atom is 0.251 e. The topological polar surface area (TPSA) is 54.9 Å². The Kier molecular flexibility index (Phi) is 3.96. The minimum atomic E-state index is -0.0811. The van der Waals surface area contributed by atoms with Crippen molar-refractivity contribution < 1.29 is 4.79 Å². The zero-order chi connectivity index (χ0) is 17.4. The van der Waals surface area contributed by atoms with Crippen LogP contribution in [-0.2, 0) is 19.4 Å². The van der Waals surface area contributed by atoms with Crippen molar-refractivity contribution in [3.63, 3.8) is 0 Å². The molecule has 25 heavy (non-hydrogen) atoms. The van der Waals surface area contributed by atoms with E-state index in [1.807, 2.05) is 32.0 Å². The molecular weight excluding hydrogens is 310 g/mol. The first-order valence-electron chi connectivity index (χ1n) is 8.74. The number of hydrogen-bond acceptors (Lipinski definition) is 3. The molecule has 126 valence electrons. The summed E-state index contributed by atoms with van der Waals surface area (Å²) in [5.74, 6) is -0.0811. The average molecular weight is 331 g/mol. The molecule has 0 radical (unpaired) electrons. The fraction of sp³-hybridized carbons (Fsp3) is 0.286. The molecule has 1 heterocycles. The van der Waals surface area contributed by atoms with Crippen LogP contribution in [0, 0.1) is 13.8 Å². The molecule has 4 heteroatoms. The van der Waals surface area contributed by atoms with Gasteiger partial charge in [0, 0.05) is 12.1 Å². The number of carbonyl (C=O) groups is 1. The van der Waals surface area contributed by atoms with Gasteiger partial charge in [-0.2, -0.15) is 0 Å². The molecule has 1 N–H and O–H groups in total. The number of aryl methyl sites for hydroxylation is 4. The highest BCUT2D eigenvalue weighted by atomic mass is 16.1. The third-order valence-corrected chi connectivity index (χ3v) is 4.95. The highest BCUT2D eigenvalue weighted by Crippen LogP contribution is 2.22. The predicted octanol–water partition coefficient (Wildman–Crippen LogP) is 3.67. The molecule has 0 bridgehead atoms. The molecular formula is C21H21N3O. The molecule has 4 rings (SSSR count). The summed E-state index contributed by atoms with van der Waals surface area (Å²) in [6.07, 6.45) is 3.57. The molecule has 2 aromatic carbocycles. The Bertz CT molecular complexity index is 978. The zero-order valence-corrected chi connectivity index (χ0v) is 14.6. The van der Waals surface area contributed by atoms with E-state index in [9.17, 15) is 4.79 Å². The highest BCUT2D eigenvalue weighted by molar-refractivity contribution is 5.97. The first-order chi connectivity index (χ1) is 12.1. The van der Waals surface area contributed by atoms with Crippen molar-refractivity contribution in [2.45, 2.75) is 39.7 Å². The van der Waals surface area contributed by atoms with E-state index in [4.69, 9.17) is 0 Å². The monoisotopic (exact) mass is 331 g/mol. The highest BCUT2D eigenvalue weighted by Gasteiger charge is 2.12. The summed E-state index contributed by atoms with van der Waals surface area (Å²) in [5.41, 5.74) is 8.04. The molecule has 0 spiro atoms. The molecule has 0 saturated heterocycles. The number of nitrogens with one attached hydrogen (secondary N) is 1. The van der Waals surface area contributed by atoms with Crippen molar-refractivity contribution >= 4 is 16.9 Å². The van der Waals surface area contributed by atoms with Crippen LogP contribution in [0.5, 0.6) is 0 Å².